The molecule has 2 aromatic rings. The second kappa shape index (κ2) is 8.77. The first-order valence-electron chi connectivity index (χ1n) is 9.57. The Labute approximate surface area is 169 Å². The van der Waals surface area contributed by atoms with E-state index < -0.39 is 11.9 Å². The lowest BCUT2D eigenvalue weighted by Crippen LogP contribution is -2.47. The maximum atomic E-state index is 12.8. The Morgan fingerprint density at radius 2 is 1.79 bits per heavy atom. The molecule has 7 nitrogen and oxygen atoms in total. The van der Waals surface area contributed by atoms with Crippen LogP contribution in [0.1, 0.15) is 23.7 Å². The molecule has 0 bridgehead atoms. The first-order chi connectivity index (χ1) is 13.8. The van der Waals surface area contributed by atoms with Gasteiger partial charge in [0.05, 0.1) is 5.92 Å². The van der Waals surface area contributed by atoms with E-state index in [9.17, 15) is 19.5 Å². The number of rotatable bonds is 4. The van der Waals surface area contributed by atoms with Gasteiger partial charge in [0.2, 0.25) is 0 Å². The van der Waals surface area contributed by atoms with Crippen LogP contribution in [0.2, 0.25) is 0 Å². The average Bonchev–Trinajstić information content (AvgIpc) is 2.73. The summed E-state index contributed by atoms with van der Waals surface area (Å²) in [5.41, 5.74) is 1.71. The van der Waals surface area contributed by atoms with E-state index in [1.165, 1.54) is 4.90 Å². The minimum absolute atomic E-state index is 0.114. The van der Waals surface area contributed by atoms with Crippen LogP contribution in [-0.4, -0.2) is 48.1 Å². The van der Waals surface area contributed by atoms with Crippen LogP contribution in [0.25, 0.3) is 0 Å². The molecule has 1 fully saturated rings. The third kappa shape index (κ3) is 4.93. The van der Waals surface area contributed by atoms with E-state index in [2.05, 4.69) is 5.32 Å². The summed E-state index contributed by atoms with van der Waals surface area (Å²) in [7, 11) is 1.70. The highest BCUT2D eigenvalue weighted by atomic mass is 16.4. The smallest absolute Gasteiger partial charge is 0.321 e. The van der Waals surface area contributed by atoms with Gasteiger partial charge in [-0.3, -0.25) is 9.59 Å². The lowest BCUT2D eigenvalue weighted by atomic mass is 9.91. The summed E-state index contributed by atoms with van der Waals surface area (Å²) in [6.45, 7) is 2.62. The van der Waals surface area contributed by atoms with Crippen molar-refractivity contribution in [3.8, 4) is 0 Å². The molecule has 0 spiro atoms. The molecule has 2 N–H and O–H groups in total. The van der Waals surface area contributed by atoms with E-state index in [0.29, 0.717) is 24.2 Å². The number of aliphatic carboxylic acids is 1. The molecule has 1 aliphatic rings. The third-order valence-corrected chi connectivity index (χ3v) is 5.11. The highest BCUT2D eigenvalue weighted by Crippen LogP contribution is 2.23. The van der Waals surface area contributed by atoms with Gasteiger partial charge in [0.15, 0.2) is 0 Å². The van der Waals surface area contributed by atoms with Gasteiger partial charge < -0.3 is 20.2 Å². The van der Waals surface area contributed by atoms with Crippen LogP contribution in [0.5, 0.6) is 0 Å². The topological polar surface area (TPSA) is 90.0 Å². The third-order valence-electron chi connectivity index (χ3n) is 5.11. The maximum absolute atomic E-state index is 12.8. The van der Waals surface area contributed by atoms with Crippen LogP contribution >= 0.6 is 0 Å². The number of carbonyl (C=O) groups is 3. The van der Waals surface area contributed by atoms with Crippen molar-refractivity contribution in [1.29, 1.82) is 0 Å². The molecule has 0 aromatic heterocycles. The molecule has 29 heavy (non-hydrogen) atoms. The molecule has 152 valence electrons. The lowest BCUT2D eigenvalue weighted by molar-refractivity contribution is -0.143. The largest absolute Gasteiger partial charge is 0.481 e. The fourth-order valence-electron chi connectivity index (χ4n) is 3.59. The molecule has 3 rings (SSSR count). The molecule has 1 aliphatic heterocycles. The minimum Gasteiger partial charge on any atom is -0.481 e. The zero-order valence-electron chi connectivity index (χ0n) is 16.5. The molecule has 3 amide bonds. The molecule has 2 unspecified atom stereocenters. The van der Waals surface area contributed by atoms with Gasteiger partial charge in [-0.1, -0.05) is 31.2 Å². The van der Waals surface area contributed by atoms with E-state index in [1.807, 2.05) is 37.3 Å². The van der Waals surface area contributed by atoms with Crippen LogP contribution in [0, 0.1) is 11.8 Å². The summed E-state index contributed by atoms with van der Waals surface area (Å²) in [6.07, 6.45) is 0.564. The number of urea groups is 1. The second-order valence-corrected chi connectivity index (χ2v) is 7.49. The predicted octanol–water partition coefficient (Wildman–Crippen LogP) is 3.54. The number of anilines is 2. The van der Waals surface area contributed by atoms with Gasteiger partial charge in [0, 0.05) is 37.1 Å². The van der Waals surface area contributed by atoms with Crippen molar-refractivity contribution in [2.75, 3.05) is 30.4 Å². The number of amides is 3. The van der Waals surface area contributed by atoms with Gasteiger partial charge in [-0.15, -0.1) is 0 Å². The van der Waals surface area contributed by atoms with E-state index in [4.69, 9.17) is 0 Å². The molecule has 0 aliphatic carbocycles. The summed E-state index contributed by atoms with van der Waals surface area (Å²) in [6, 6.07) is 15.7. The second-order valence-electron chi connectivity index (χ2n) is 7.49. The van der Waals surface area contributed by atoms with E-state index in [1.54, 1.807) is 36.2 Å². The van der Waals surface area contributed by atoms with Gasteiger partial charge >= 0.3 is 12.0 Å². The Kier molecular flexibility index (Phi) is 6.16. The molecule has 2 atom stereocenters. The Bertz CT molecular complexity index is 900. The van der Waals surface area contributed by atoms with Gasteiger partial charge in [-0.2, -0.15) is 0 Å². The van der Waals surface area contributed by atoms with Crippen LogP contribution in [0.3, 0.4) is 0 Å². The summed E-state index contributed by atoms with van der Waals surface area (Å²) in [5.74, 6) is -1.52. The van der Waals surface area contributed by atoms with Crippen molar-refractivity contribution in [3.05, 3.63) is 60.2 Å². The fourth-order valence-corrected chi connectivity index (χ4v) is 3.59. The summed E-state index contributed by atoms with van der Waals surface area (Å²) >= 11 is 0. The van der Waals surface area contributed by atoms with Crippen molar-refractivity contribution >= 4 is 29.3 Å². The van der Waals surface area contributed by atoms with E-state index in [-0.39, 0.29) is 24.4 Å². The Balaban J connectivity index is 1.70. The number of piperidine rings is 1. The summed E-state index contributed by atoms with van der Waals surface area (Å²) in [5, 5.41) is 12.1. The number of nitrogens with zero attached hydrogens (tertiary/aromatic N) is 2. The number of hydrogen-bond donors (Lipinski definition) is 2. The van der Waals surface area contributed by atoms with Gasteiger partial charge in [0.1, 0.15) is 0 Å². The number of likely N-dealkylation sites (tertiary alicyclic amines) is 1. The zero-order valence-corrected chi connectivity index (χ0v) is 16.5. The number of nitrogens with one attached hydrogen (secondary N) is 1. The maximum Gasteiger partial charge on any atom is 0.321 e. The number of hydrogen-bond acceptors (Lipinski definition) is 3. The Hall–Kier alpha value is -3.35. The fraction of sp³-hybridized carbons (Fsp3) is 0.318. The highest BCUT2D eigenvalue weighted by molar-refractivity contribution is 6.06. The number of carboxylic acid groups (broad SMARTS) is 1. The van der Waals surface area contributed by atoms with Crippen molar-refractivity contribution in [3.63, 3.8) is 0 Å². The quantitative estimate of drug-likeness (QED) is 0.829. The van der Waals surface area contributed by atoms with Gasteiger partial charge in [0.25, 0.3) is 5.91 Å². The summed E-state index contributed by atoms with van der Waals surface area (Å²) in [4.78, 5) is 39.8. The monoisotopic (exact) mass is 395 g/mol. The van der Waals surface area contributed by atoms with Crippen molar-refractivity contribution in [2.45, 2.75) is 13.3 Å². The lowest BCUT2D eigenvalue weighted by Gasteiger charge is -2.34. The SMILES string of the molecule is CC1CC(C(=O)O)CN(C(=O)Nc2cccc(C(=O)N(C)c3ccccc3)c2)C1. The Morgan fingerprint density at radius 1 is 1.07 bits per heavy atom. The molecular weight excluding hydrogens is 370 g/mol. The summed E-state index contributed by atoms with van der Waals surface area (Å²) < 4.78 is 0. The highest BCUT2D eigenvalue weighted by Gasteiger charge is 2.32. The van der Waals surface area contributed by atoms with Crippen molar-refractivity contribution in [2.24, 2.45) is 11.8 Å². The zero-order chi connectivity index (χ0) is 21.0. The van der Waals surface area contributed by atoms with Crippen LogP contribution in [0.15, 0.2) is 54.6 Å². The standard InChI is InChI=1S/C22H25N3O4/c1-15-11-17(21(27)28)14-25(13-15)22(29)23-18-8-6-7-16(12-18)20(26)24(2)19-9-4-3-5-10-19/h3-10,12,15,17H,11,13-14H2,1-2H3,(H,23,29)(H,27,28). The number of benzene rings is 2. The molecule has 1 saturated heterocycles. The van der Waals surface area contributed by atoms with Gasteiger partial charge in [-0.05, 0) is 42.7 Å². The normalized spacial score (nSPS) is 18.8. The van der Waals surface area contributed by atoms with Crippen LogP contribution in [0.4, 0.5) is 16.2 Å². The molecule has 0 radical (unpaired) electrons. The van der Waals surface area contributed by atoms with Crippen molar-refractivity contribution < 1.29 is 19.5 Å². The number of carboxylic acids is 1. The Morgan fingerprint density at radius 3 is 2.48 bits per heavy atom. The average molecular weight is 395 g/mol. The number of para-hydroxylation sites is 1. The van der Waals surface area contributed by atoms with Crippen LogP contribution in [-0.2, 0) is 4.79 Å². The van der Waals surface area contributed by atoms with E-state index >= 15 is 0 Å². The molecule has 2 aromatic carbocycles. The molecular formula is C22H25N3O4. The first-order valence-corrected chi connectivity index (χ1v) is 9.57. The number of carbonyl (C=O) groups excluding carboxylic acids is 2. The van der Waals surface area contributed by atoms with Crippen molar-refractivity contribution in [1.82, 2.24) is 4.90 Å². The first kappa shape index (κ1) is 20.4. The molecule has 0 saturated carbocycles. The predicted molar refractivity (Wildman–Crippen MR) is 111 cm³/mol. The van der Waals surface area contributed by atoms with E-state index in [0.717, 1.165) is 5.69 Å². The minimum atomic E-state index is -0.883. The molecule has 1 heterocycles. The van der Waals surface area contributed by atoms with Crippen LogP contribution < -0.4 is 10.2 Å². The van der Waals surface area contributed by atoms with Gasteiger partial charge in [-0.25, -0.2) is 4.79 Å². The molecule has 7 heteroatoms.